The Hall–Kier alpha value is -1.55. The minimum atomic E-state index is -0.549. The van der Waals surface area contributed by atoms with E-state index in [0.717, 1.165) is 31.2 Å². The predicted octanol–water partition coefficient (Wildman–Crippen LogP) is 2.36. The van der Waals surface area contributed by atoms with Gasteiger partial charge in [0.15, 0.2) is 0 Å². The van der Waals surface area contributed by atoms with Crippen molar-refractivity contribution in [3.8, 4) is 0 Å². The summed E-state index contributed by atoms with van der Waals surface area (Å²) in [7, 11) is 0. The van der Waals surface area contributed by atoms with Crippen LogP contribution in [0.1, 0.15) is 37.7 Å². The number of hydrogen-bond acceptors (Lipinski definition) is 3. The summed E-state index contributed by atoms with van der Waals surface area (Å²) in [4.78, 5) is 11.8. The molecular formula is C15H19NO3. The molecule has 4 nitrogen and oxygen atoms in total. The lowest BCUT2D eigenvalue weighted by Gasteiger charge is -2.27. The summed E-state index contributed by atoms with van der Waals surface area (Å²) >= 11 is 0. The molecule has 1 aromatic carbocycles. The van der Waals surface area contributed by atoms with Crippen molar-refractivity contribution in [1.82, 2.24) is 5.32 Å². The lowest BCUT2D eigenvalue weighted by molar-refractivity contribution is 0.0521. The molecule has 0 aromatic heterocycles. The van der Waals surface area contributed by atoms with Gasteiger partial charge >= 0.3 is 6.09 Å². The van der Waals surface area contributed by atoms with E-state index in [1.165, 1.54) is 0 Å². The SMILES string of the molecule is O=C(NC12CCC(O)(CC1)C2)OCc1ccccc1. The Morgan fingerprint density at radius 3 is 2.47 bits per heavy atom. The first-order valence-corrected chi connectivity index (χ1v) is 6.81. The van der Waals surface area contributed by atoms with Gasteiger partial charge in [0.2, 0.25) is 0 Å². The van der Waals surface area contributed by atoms with Gasteiger partial charge in [0.05, 0.1) is 5.60 Å². The van der Waals surface area contributed by atoms with Gasteiger partial charge in [0, 0.05) is 5.54 Å². The van der Waals surface area contributed by atoms with Crippen molar-refractivity contribution >= 4 is 6.09 Å². The van der Waals surface area contributed by atoms with Gasteiger partial charge in [-0.3, -0.25) is 0 Å². The fourth-order valence-electron chi connectivity index (χ4n) is 3.32. The topological polar surface area (TPSA) is 58.6 Å². The van der Waals surface area contributed by atoms with Crippen molar-refractivity contribution in [2.24, 2.45) is 0 Å². The standard InChI is InChI=1S/C15H19NO3/c17-13(19-10-12-4-2-1-3-5-12)16-14-6-8-15(18,11-14)9-7-14/h1-5,18H,6-11H2,(H,16,17). The highest BCUT2D eigenvalue weighted by Gasteiger charge is 2.54. The highest BCUT2D eigenvalue weighted by molar-refractivity contribution is 5.68. The molecule has 0 unspecified atom stereocenters. The smallest absolute Gasteiger partial charge is 0.407 e. The molecular weight excluding hydrogens is 242 g/mol. The van der Waals surface area contributed by atoms with Crippen molar-refractivity contribution in [2.75, 3.05) is 0 Å². The second-order valence-electron chi connectivity index (χ2n) is 5.87. The Balaban J connectivity index is 1.52. The molecule has 19 heavy (non-hydrogen) atoms. The van der Waals surface area contributed by atoms with Gasteiger partial charge in [-0.15, -0.1) is 0 Å². The summed E-state index contributed by atoms with van der Waals surface area (Å²) in [5, 5.41) is 13.1. The normalized spacial score (nSPS) is 32.3. The average molecular weight is 261 g/mol. The number of nitrogens with one attached hydrogen (secondary N) is 1. The van der Waals surface area contributed by atoms with Crippen LogP contribution in [0, 0.1) is 0 Å². The molecule has 0 atom stereocenters. The van der Waals surface area contributed by atoms with E-state index >= 15 is 0 Å². The van der Waals surface area contributed by atoms with Crippen LogP contribution < -0.4 is 5.32 Å². The zero-order valence-corrected chi connectivity index (χ0v) is 10.9. The van der Waals surface area contributed by atoms with E-state index in [4.69, 9.17) is 4.74 Å². The molecule has 3 rings (SSSR count). The number of carbonyl (C=O) groups is 1. The number of alkyl carbamates (subject to hydrolysis) is 1. The van der Waals surface area contributed by atoms with Gasteiger partial charge in [-0.25, -0.2) is 4.79 Å². The number of rotatable bonds is 3. The Labute approximate surface area is 112 Å². The molecule has 2 bridgehead atoms. The maximum atomic E-state index is 11.8. The summed E-state index contributed by atoms with van der Waals surface area (Å²) in [6.45, 7) is 0.285. The van der Waals surface area contributed by atoms with Crippen LogP contribution in [-0.2, 0) is 11.3 Å². The Kier molecular flexibility index (Phi) is 2.97. The number of benzene rings is 1. The molecule has 0 spiro atoms. The molecule has 0 saturated heterocycles. The number of amides is 1. The third-order valence-corrected chi connectivity index (χ3v) is 4.39. The van der Waals surface area contributed by atoms with Crippen LogP contribution in [0.25, 0.3) is 0 Å². The number of ether oxygens (including phenoxy) is 1. The molecule has 1 aromatic rings. The molecule has 0 aliphatic heterocycles. The van der Waals surface area contributed by atoms with E-state index < -0.39 is 5.60 Å². The quantitative estimate of drug-likeness (QED) is 0.878. The van der Waals surface area contributed by atoms with Gasteiger partial charge < -0.3 is 15.2 Å². The van der Waals surface area contributed by atoms with Gasteiger partial charge in [-0.05, 0) is 37.7 Å². The maximum Gasteiger partial charge on any atom is 0.407 e. The van der Waals surface area contributed by atoms with Gasteiger partial charge in [-0.2, -0.15) is 0 Å². The highest BCUT2D eigenvalue weighted by Crippen LogP contribution is 2.50. The molecule has 2 N–H and O–H groups in total. The predicted molar refractivity (Wildman–Crippen MR) is 70.5 cm³/mol. The average Bonchev–Trinajstić information content (AvgIpc) is 2.91. The molecule has 2 aliphatic rings. The molecule has 0 radical (unpaired) electrons. The summed E-state index contributed by atoms with van der Waals surface area (Å²) in [6, 6.07) is 9.62. The first-order chi connectivity index (χ1) is 9.09. The number of hydrogen-bond donors (Lipinski definition) is 2. The molecule has 4 heteroatoms. The minimum Gasteiger partial charge on any atom is -0.445 e. The minimum absolute atomic E-state index is 0.234. The third-order valence-electron chi connectivity index (χ3n) is 4.39. The zero-order valence-electron chi connectivity index (χ0n) is 10.9. The molecule has 2 fully saturated rings. The highest BCUT2D eigenvalue weighted by atomic mass is 16.5. The van der Waals surface area contributed by atoms with Crippen LogP contribution in [0.5, 0.6) is 0 Å². The Morgan fingerprint density at radius 2 is 1.89 bits per heavy atom. The van der Waals surface area contributed by atoms with E-state index in [9.17, 15) is 9.90 Å². The summed E-state index contributed by atoms with van der Waals surface area (Å²) in [6.07, 6.45) is 3.56. The van der Waals surface area contributed by atoms with Crippen LogP contribution in [0.15, 0.2) is 30.3 Å². The van der Waals surface area contributed by atoms with Crippen molar-refractivity contribution < 1.29 is 14.6 Å². The molecule has 1 amide bonds. The van der Waals surface area contributed by atoms with Crippen molar-refractivity contribution in [3.05, 3.63) is 35.9 Å². The molecule has 102 valence electrons. The summed E-state index contributed by atoms with van der Waals surface area (Å²) < 4.78 is 5.24. The largest absolute Gasteiger partial charge is 0.445 e. The van der Waals surface area contributed by atoms with Crippen LogP contribution in [0.3, 0.4) is 0 Å². The van der Waals surface area contributed by atoms with Crippen LogP contribution in [0.2, 0.25) is 0 Å². The van der Waals surface area contributed by atoms with Crippen LogP contribution in [0.4, 0.5) is 4.79 Å². The van der Waals surface area contributed by atoms with E-state index in [0.29, 0.717) is 6.42 Å². The van der Waals surface area contributed by atoms with Gasteiger partial charge in [0.1, 0.15) is 6.61 Å². The first kappa shape index (κ1) is 12.5. The second-order valence-corrected chi connectivity index (χ2v) is 5.87. The zero-order chi connectivity index (χ0) is 13.3. The fraction of sp³-hybridized carbons (Fsp3) is 0.533. The van der Waals surface area contributed by atoms with E-state index in [1.54, 1.807) is 0 Å². The Bertz CT molecular complexity index is 464. The summed E-state index contributed by atoms with van der Waals surface area (Å²) in [5.41, 5.74) is 0.194. The Morgan fingerprint density at radius 1 is 1.21 bits per heavy atom. The molecule has 0 heterocycles. The van der Waals surface area contributed by atoms with Crippen LogP contribution in [-0.4, -0.2) is 22.3 Å². The van der Waals surface area contributed by atoms with Crippen molar-refractivity contribution in [3.63, 3.8) is 0 Å². The first-order valence-electron chi connectivity index (χ1n) is 6.81. The number of carbonyl (C=O) groups excluding carboxylic acids is 1. The van der Waals surface area contributed by atoms with E-state index in [2.05, 4.69) is 5.32 Å². The van der Waals surface area contributed by atoms with E-state index in [1.807, 2.05) is 30.3 Å². The van der Waals surface area contributed by atoms with Gasteiger partial charge in [-0.1, -0.05) is 30.3 Å². The molecule has 2 aliphatic carbocycles. The monoisotopic (exact) mass is 261 g/mol. The lowest BCUT2D eigenvalue weighted by atomic mass is 9.93. The van der Waals surface area contributed by atoms with Gasteiger partial charge in [0.25, 0.3) is 0 Å². The van der Waals surface area contributed by atoms with Crippen molar-refractivity contribution in [1.29, 1.82) is 0 Å². The second kappa shape index (κ2) is 4.53. The number of fused-ring (bicyclic) bond motifs is 2. The number of aliphatic hydroxyl groups is 1. The molecule has 2 saturated carbocycles. The van der Waals surface area contributed by atoms with E-state index in [-0.39, 0.29) is 18.2 Å². The maximum absolute atomic E-state index is 11.8. The lowest BCUT2D eigenvalue weighted by Crippen LogP contribution is -2.45. The van der Waals surface area contributed by atoms with Crippen molar-refractivity contribution in [2.45, 2.75) is 49.9 Å². The third kappa shape index (κ3) is 2.59. The fourth-order valence-corrected chi connectivity index (χ4v) is 3.32. The van der Waals surface area contributed by atoms with Crippen LogP contribution >= 0.6 is 0 Å². The summed E-state index contributed by atoms with van der Waals surface area (Å²) in [5.74, 6) is 0.